The molecule has 1 aliphatic carbocycles. The highest BCUT2D eigenvalue weighted by atomic mass is 79.9. The highest BCUT2D eigenvalue weighted by Gasteiger charge is 2.64. The predicted molar refractivity (Wildman–Crippen MR) is 64.6 cm³/mol. The van der Waals surface area contributed by atoms with Crippen molar-refractivity contribution >= 4 is 33.4 Å². The van der Waals surface area contributed by atoms with Crippen LogP contribution in [-0.2, 0) is 0 Å². The van der Waals surface area contributed by atoms with E-state index in [2.05, 4.69) is 15.9 Å². The minimum absolute atomic E-state index is 0.0829. The maximum absolute atomic E-state index is 12.7. The van der Waals surface area contributed by atoms with Crippen molar-refractivity contribution in [1.82, 2.24) is 5.32 Å². The van der Waals surface area contributed by atoms with Crippen molar-refractivity contribution in [3.63, 3.8) is 0 Å². The summed E-state index contributed by atoms with van der Waals surface area (Å²) < 4.78 is 38.5. The predicted octanol–water partition coefficient (Wildman–Crippen LogP) is 3.93. The number of carbonyl (C=O) groups is 1. The number of nitrogens with one attached hydrogen (secondary N) is 1. The summed E-state index contributed by atoms with van der Waals surface area (Å²) in [6.45, 7) is 0. The standard InChI is InChI=1S/C11H8BrClF3NO/c12-8-2-1-6(13)5-7(8)9(18)17-10(3-4-10)11(14,15)16/h1-2,5H,3-4H2,(H,17,18). The molecular weight excluding hydrogens is 334 g/mol. The molecule has 0 atom stereocenters. The molecule has 1 fully saturated rings. The molecule has 1 aromatic carbocycles. The van der Waals surface area contributed by atoms with Gasteiger partial charge in [0.15, 0.2) is 0 Å². The average Bonchev–Trinajstić information content (AvgIpc) is 3.01. The molecular formula is C11H8BrClF3NO. The topological polar surface area (TPSA) is 29.1 Å². The van der Waals surface area contributed by atoms with Crippen LogP contribution in [0.4, 0.5) is 13.2 Å². The normalized spacial score (nSPS) is 17.4. The first kappa shape index (κ1) is 13.7. The van der Waals surface area contributed by atoms with Crippen LogP contribution in [0, 0.1) is 0 Å². The molecule has 0 heterocycles. The molecule has 1 aromatic rings. The number of alkyl halides is 3. The second-order valence-electron chi connectivity index (χ2n) is 4.16. The third kappa shape index (κ3) is 2.49. The molecule has 7 heteroatoms. The number of hydrogen-bond acceptors (Lipinski definition) is 1. The van der Waals surface area contributed by atoms with E-state index in [4.69, 9.17) is 11.6 Å². The van der Waals surface area contributed by atoms with Gasteiger partial charge in [0, 0.05) is 9.50 Å². The molecule has 0 saturated heterocycles. The van der Waals surface area contributed by atoms with Crippen molar-refractivity contribution in [2.75, 3.05) is 0 Å². The van der Waals surface area contributed by atoms with Crippen LogP contribution in [0.3, 0.4) is 0 Å². The van der Waals surface area contributed by atoms with Gasteiger partial charge in [0.1, 0.15) is 5.54 Å². The van der Waals surface area contributed by atoms with Crippen molar-refractivity contribution in [2.24, 2.45) is 0 Å². The molecule has 0 aromatic heterocycles. The third-order valence-corrected chi connectivity index (χ3v) is 3.75. The summed E-state index contributed by atoms with van der Waals surface area (Å²) in [6.07, 6.45) is -4.59. The Hall–Kier alpha value is -0.750. The summed E-state index contributed by atoms with van der Waals surface area (Å²) >= 11 is 8.82. The molecule has 0 spiro atoms. The lowest BCUT2D eigenvalue weighted by atomic mass is 10.2. The van der Waals surface area contributed by atoms with E-state index in [1.54, 1.807) is 6.07 Å². The largest absolute Gasteiger partial charge is 0.411 e. The van der Waals surface area contributed by atoms with Gasteiger partial charge in [0.05, 0.1) is 5.56 Å². The fourth-order valence-electron chi connectivity index (χ4n) is 1.56. The zero-order valence-corrected chi connectivity index (χ0v) is 11.3. The Kier molecular flexibility index (Phi) is 3.36. The summed E-state index contributed by atoms with van der Waals surface area (Å²) in [5, 5.41) is 2.33. The van der Waals surface area contributed by atoms with Crippen molar-refractivity contribution in [3.05, 3.63) is 33.3 Å². The molecule has 1 aliphatic rings. The maximum Gasteiger partial charge on any atom is 0.411 e. The first-order valence-corrected chi connectivity index (χ1v) is 6.27. The van der Waals surface area contributed by atoms with Crippen LogP contribution in [-0.4, -0.2) is 17.6 Å². The fraction of sp³-hybridized carbons (Fsp3) is 0.364. The van der Waals surface area contributed by atoms with Gasteiger partial charge in [-0.15, -0.1) is 0 Å². The number of benzene rings is 1. The van der Waals surface area contributed by atoms with Gasteiger partial charge in [-0.2, -0.15) is 13.2 Å². The van der Waals surface area contributed by atoms with Crippen molar-refractivity contribution < 1.29 is 18.0 Å². The molecule has 0 aliphatic heterocycles. The first-order valence-electron chi connectivity index (χ1n) is 5.09. The van der Waals surface area contributed by atoms with Crippen LogP contribution >= 0.6 is 27.5 Å². The highest BCUT2D eigenvalue weighted by Crippen LogP contribution is 2.49. The molecule has 1 N–H and O–H groups in total. The molecule has 1 amide bonds. The molecule has 0 bridgehead atoms. The summed E-state index contributed by atoms with van der Waals surface area (Å²) in [4.78, 5) is 11.8. The summed E-state index contributed by atoms with van der Waals surface area (Å²) in [6, 6.07) is 4.39. The number of amides is 1. The minimum atomic E-state index is -4.42. The van der Waals surface area contributed by atoms with Crippen LogP contribution < -0.4 is 5.32 Å². The van der Waals surface area contributed by atoms with E-state index in [1.807, 2.05) is 5.32 Å². The molecule has 18 heavy (non-hydrogen) atoms. The summed E-state index contributed by atoms with van der Waals surface area (Å²) in [7, 11) is 0. The van der Waals surface area contributed by atoms with Crippen LogP contribution in [0.2, 0.25) is 5.02 Å². The smallest absolute Gasteiger partial charge is 0.338 e. The molecule has 98 valence electrons. The Morgan fingerprint density at radius 1 is 1.39 bits per heavy atom. The van der Waals surface area contributed by atoms with Crippen molar-refractivity contribution in [2.45, 2.75) is 24.6 Å². The van der Waals surface area contributed by atoms with E-state index < -0.39 is 17.6 Å². The summed E-state index contributed by atoms with van der Waals surface area (Å²) in [5.41, 5.74) is -1.97. The van der Waals surface area contributed by atoms with E-state index in [1.165, 1.54) is 12.1 Å². The van der Waals surface area contributed by atoms with Gasteiger partial charge in [-0.3, -0.25) is 4.79 Å². The number of rotatable bonds is 2. The lowest BCUT2D eigenvalue weighted by Crippen LogP contribution is -2.47. The zero-order chi connectivity index (χ0) is 13.6. The monoisotopic (exact) mass is 341 g/mol. The lowest BCUT2D eigenvalue weighted by Gasteiger charge is -2.21. The van der Waals surface area contributed by atoms with Gasteiger partial charge < -0.3 is 5.32 Å². The van der Waals surface area contributed by atoms with E-state index in [0.717, 1.165) is 0 Å². The number of carbonyl (C=O) groups excluding carboxylic acids is 1. The van der Waals surface area contributed by atoms with Gasteiger partial charge in [-0.25, -0.2) is 0 Å². The van der Waals surface area contributed by atoms with Crippen LogP contribution in [0.25, 0.3) is 0 Å². The van der Waals surface area contributed by atoms with Gasteiger partial charge in [-0.05, 0) is 47.0 Å². The quantitative estimate of drug-likeness (QED) is 0.867. The highest BCUT2D eigenvalue weighted by molar-refractivity contribution is 9.10. The number of hydrogen-bond donors (Lipinski definition) is 1. The van der Waals surface area contributed by atoms with E-state index in [9.17, 15) is 18.0 Å². The van der Waals surface area contributed by atoms with Crippen LogP contribution in [0.1, 0.15) is 23.2 Å². The Labute approximate surface area is 115 Å². The van der Waals surface area contributed by atoms with Gasteiger partial charge in [0.25, 0.3) is 5.91 Å². The fourth-order valence-corrected chi connectivity index (χ4v) is 2.16. The molecule has 1 saturated carbocycles. The van der Waals surface area contributed by atoms with Crippen LogP contribution in [0.15, 0.2) is 22.7 Å². The lowest BCUT2D eigenvalue weighted by molar-refractivity contribution is -0.163. The Balaban J connectivity index is 2.21. The van der Waals surface area contributed by atoms with E-state index in [-0.39, 0.29) is 18.4 Å². The second kappa shape index (κ2) is 4.42. The SMILES string of the molecule is O=C(NC1(C(F)(F)F)CC1)c1cc(Cl)ccc1Br. The Bertz CT molecular complexity index is 500. The second-order valence-corrected chi connectivity index (χ2v) is 5.45. The molecule has 2 rings (SSSR count). The molecule has 2 nitrogen and oxygen atoms in total. The maximum atomic E-state index is 12.7. The van der Waals surface area contributed by atoms with E-state index in [0.29, 0.717) is 9.50 Å². The summed E-state index contributed by atoms with van der Waals surface area (Å²) in [5.74, 6) is -0.779. The van der Waals surface area contributed by atoms with Crippen molar-refractivity contribution in [3.8, 4) is 0 Å². The Morgan fingerprint density at radius 2 is 2.00 bits per heavy atom. The third-order valence-electron chi connectivity index (χ3n) is 2.82. The van der Waals surface area contributed by atoms with Crippen LogP contribution in [0.5, 0.6) is 0 Å². The molecule has 0 unspecified atom stereocenters. The zero-order valence-electron chi connectivity index (χ0n) is 8.94. The van der Waals surface area contributed by atoms with Crippen molar-refractivity contribution in [1.29, 1.82) is 0 Å². The van der Waals surface area contributed by atoms with Gasteiger partial charge in [0.2, 0.25) is 0 Å². The van der Waals surface area contributed by atoms with Gasteiger partial charge >= 0.3 is 6.18 Å². The minimum Gasteiger partial charge on any atom is -0.338 e. The van der Waals surface area contributed by atoms with Gasteiger partial charge in [-0.1, -0.05) is 11.6 Å². The number of halogens is 5. The van der Waals surface area contributed by atoms with E-state index >= 15 is 0 Å². The Morgan fingerprint density at radius 3 is 2.50 bits per heavy atom. The first-order chi connectivity index (χ1) is 8.25. The molecule has 0 radical (unpaired) electrons. The average molecular weight is 343 g/mol.